The maximum Gasteiger partial charge on any atom is 0.243 e. The molecule has 2 aliphatic rings. The number of ether oxygens (including phenoxy) is 1. The minimum Gasteiger partial charge on any atom is -0.372 e. The molecule has 0 bridgehead atoms. The van der Waals surface area contributed by atoms with Gasteiger partial charge in [-0.1, -0.05) is 11.6 Å². The van der Waals surface area contributed by atoms with Crippen molar-refractivity contribution in [3.8, 4) is 0 Å². The Labute approximate surface area is 147 Å². The molecule has 0 aromatic heterocycles. The van der Waals surface area contributed by atoms with Crippen LogP contribution in [0.15, 0.2) is 23.1 Å². The molecule has 134 valence electrons. The summed E-state index contributed by atoms with van der Waals surface area (Å²) in [5, 5.41) is -0.171. The molecule has 1 atom stereocenters. The Morgan fingerprint density at radius 2 is 2.04 bits per heavy atom. The third-order valence-corrected chi connectivity index (χ3v) is 6.93. The molecular weight excluding hydrogens is 355 g/mol. The minimum absolute atomic E-state index is 0.0490. The van der Waals surface area contributed by atoms with Crippen LogP contribution in [0.3, 0.4) is 0 Å². The summed E-state index contributed by atoms with van der Waals surface area (Å²) in [6.45, 7) is 4.21. The van der Waals surface area contributed by atoms with E-state index in [1.54, 1.807) is 0 Å². The first kappa shape index (κ1) is 18.1. The predicted octanol–water partition coefficient (Wildman–Crippen LogP) is 0.937. The van der Waals surface area contributed by atoms with Crippen molar-refractivity contribution in [3.05, 3.63) is 29.0 Å². The number of rotatable bonds is 4. The van der Waals surface area contributed by atoms with Crippen molar-refractivity contribution in [1.29, 1.82) is 0 Å². The number of nitrogens with one attached hydrogen (secondary N) is 1. The molecule has 2 fully saturated rings. The Kier molecular flexibility index (Phi) is 5.77. The fourth-order valence-electron chi connectivity index (χ4n) is 3.32. The van der Waals surface area contributed by atoms with Crippen molar-refractivity contribution >= 4 is 21.6 Å². The second-order valence-electron chi connectivity index (χ2n) is 6.42. The van der Waals surface area contributed by atoms with Gasteiger partial charge in [0, 0.05) is 6.61 Å². The molecule has 2 saturated heterocycles. The van der Waals surface area contributed by atoms with Gasteiger partial charge in [-0.05, 0) is 37.5 Å². The number of quaternary nitrogens is 1. The number of sulfonamides is 1. The van der Waals surface area contributed by atoms with E-state index in [1.165, 1.54) is 27.8 Å². The topological polar surface area (TPSA) is 51.0 Å². The van der Waals surface area contributed by atoms with Crippen LogP contribution in [-0.2, 0) is 14.8 Å². The predicted molar refractivity (Wildman–Crippen MR) is 89.3 cm³/mol. The highest BCUT2D eigenvalue weighted by Crippen LogP contribution is 2.22. The van der Waals surface area contributed by atoms with E-state index >= 15 is 0 Å². The largest absolute Gasteiger partial charge is 0.372 e. The lowest BCUT2D eigenvalue weighted by atomic mass is 10.1. The van der Waals surface area contributed by atoms with Gasteiger partial charge in [0.15, 0.2) is 0 Å². The molecule has 1 N–H and O–H groups in total. The van der Waals surface area contributed by atoms with Gasteiger partial charge < -0.3 is 9.64 Å². The lowest BCUT2D eigenvalue weighted by Gasteiger charge is -2.34. The molecule has 1 aromatic rings. The lowest BCUT2D eigenvalue weighted by molar-refractivity contribution is -0.907. The monoisotopic (exact) mass is 377 g/mol. The Hall–Kier alpha value is -0.730. The second kappa shape index (κ2) is 7.66. The summed E-state index contributed by atoms with van der Waals surface area (Å²) in [6.07, 6.45) is 3.74. The second-order valence-corrected chi connectivity index (χ2v) is 8.77. The third-order valence-electron chi connectivity index (χ3n) is 4.75. The van der Waals surface area contributed by atoms with E-state index in [-0.39, 0.29) is 9.92 Å². The highest BCUT2D eigenvalue weighted by molar-refractivity contribution is 7.89. The summed E-state index contributed by atoms with van der Waals surface area (Å²) >= 11 is 5.71. The molecule has 0 aliphatic carbocycles. The smallest absolute Gasteiger partial charge is 0.243 e. The van der Waals surface area contributed by atoms with E-state index in [0.717, 1.165) is 45.1 Å². The molecule has 2 heterocycles. The molecule has 0 unspecified atom stereocenters. The highest BCUT2D eigenvalue weighted by atomic mass is 35.5. The average molecular weight is 378 g/mol. The van der Waals surface area contributed by atoms with Gasteiger partial charge in [0.25, 0.3) is 0 Å². The van der Waals surface area contributed by atoms with E-state index in [2.05, 4.69) is 0 Å². The number of halogens is 2. The number of hydrogen-bond donors (Lipinski definition) is 1. The molecule has 1 aromatic carbocycles. The normalized spacial score (nSPS) is 24.2. The van der Waals surface area contributed by atoms with Gasteiger partial charge in [-0.25, -0.2) is 12.8 Å². The first-order valence-corrected chi connectivity index (χ1v) is 10.2. The SMILES string of the molecule is O=S(=O)(c1ccc(F)c(Cl)c1)N1CC[NH+](C[C@H]2CCCCO2)CC1. The molecule has 8 heteroatoms. The summed E-state index contributed by atoms with van der Waals surface area (Å²) < 4.78 is 45.8. The van der Waals surface area contributed by atoms with Crippen LogP contribution in [-0.4, -0.2) is 58.2 Å². The molecule has 3 rings (SSSR count). The van der Waals surface area contributed by atoms with Crippen molar-refractivity contribution in [2.45, 2.75) is 30.3 Å². The maximum atomic E-state index is 13.2. The van der Waals surface area contributed by atoms with E-state index in [4.69, 9.17) is 16.3 Å². The van der Waals surface area contributed by atoms with Crippen LogP contribution < -0.4 is 4.90 Å². The fraction of sp³-hybridized carbons (Fsp3) is 0.625. The Bertz CT molecular complexity index is 672. The highest BCUT2D eigenvalue weighted by Gasteiger charge is 2.32. The maximum absolute atomic E-state index is 13.2. The first-order chi connectivity index (χ1) is 11.5. The fourth-order valence-corrected chi connectivity index (χ4v) is 5.04. The average Bonchev–Trinajstić information content (AvgIpc) is 2.58. The molecule has 2 aliphatic heterocycles. The Morgan fingerprint density at radius 3 is 2.67 bits per heavy atom. The van der Waals surface area contributed by atoms with Gasteiger partial charge in [-0.3, -0.25) is 0 Å². The van der Waals surface area contributed by atoms with Crippen LogP contribution in [0.4, 0.5) is 4.39 Å². The van der Waals surface area contributed by atoms with Crippen molar-refractivity contribution in [3.63, 3.8) is 0 Å². The molecule has 0 radical (unpaired) electrons. The molecular formula is C16H23ClFN2O3S+. The van der Waals surface area contributed by atoms with Gasteiger partial charge in [-0.15, -0.1) is 0 Å². The van der Waals surface area contributed by atoms with Crippen LogP contribution in [0, 0.1) is 5.82 Å². The molecule has 24 heavy (non-hydrogen) atoms. The first-order valence-electron chi connectivity index (χ1n) is 8.37. The van der Waals surface area contributed by atoms with Crippen LogP contribution in [0.25, 0.3) is 0 Å². The minimum atomic E-state index is -3.62. The van der Waals surface area contributed by atoms with Gasteiger partial charge in [0.05, 0.1) is 36.1 Å². The molecule has 5 nitrogen and oxygen atoms in total. The number of benzene rings is 1. The van der Waals surface area contributed by atoms with Crippen molar-refractivity contribution in [2.24, 2.45) is 0 Å². The lowest BCUT2D eigenvalue weighted by Crippen LogP contribution is -3.15. The number of hydrogen-bond acceptors (Lipinski definition) is 3. The standard InChI is InChI=1S/C16H22ClFN2O3S/c17-15-11-14(4-5-16(15)18)24(21,22)20-8-6-19(7-9-20)12-13-3-1-2-10-23-13/h4-5,11,13H,1-3,6-10,12H2/p+1/t13-/m1/s1. The van der Waals surface area contributed by atoms with Crippen LogP contribution in [0.1, 0.15) is 19.3 Å². The van der Waals surface area contributed by atoms with E-state index < -0.39 is 15.8 Å². The van der Waals surface area contributed by atoms with Gasteiger partial charge >= 0.3 is 0 Å². The van der Waals surface area contributed by atoms with Gasteiger partial charge in [0.1, 0.15) is 18.5 Å². The van der Waals surface area contributed by atoms with Crippen LogP contribution in [0.2, 0.25) is 5.02 Å². The molecule has 0 spiro atoms. The van der Waals surface area contributed by atoms with E-state index in [1.807, 2.05) is 0 Å². The van der Waals surface area contributed by atoms with Crippen LogP contribution in [0.5, 0.6) is 0 Å². The Morgan fingerprint density at radius 1 is 1.29 bits per heavy atom. The summed E-state index contributed by atoms with van der Waals surface area (Å²) in [7, 11) is -3.62. The van der Waals surface area contributed by atoms with Crippen LogP contribution >= 0.6 is 11.6 Å². The number of piperazine rings is 1. The van der Waals surface area contributed by atoms with E-state index in [9.17, 15) is 12.8 Å². The third kappa shape index (κ3) is 4.08. The zero-order valence-electron chi connectivity index (χ0n) is 13.5. The summed E-state index contributed by atoms with van der Waals surface area (Å²) in [5.74, 6) is -0.614. The molecule has 0 saturated carbocycles. The zero-order chi connectivity index (χ0) is 17.2. The zero-order valence-corrected chi connectivity index (χ0v) is 15.1. The van der Waals surface area contributed by atoms with Gasteiger partial charge in [-0.2, -0.15) is 4.31 Å². The van der Waals surface area contributed by atoms with Crippen molar-refractivity contribution in [2.75, 3.05) is 39.3 Å². The number of nitrogens with zero attached hydrogens (tertiary/aromatic N) is 1. The summed E-state index contributed by atoms with van der Waals surface area (Å²) in [4.78, 5) is 1.43. The van der Waals surface area contributed by atoms with Crippen molar-refractivity contribution in [1.82, 2.24) is 4.31 Å². The van der Waals surface area contributed by atoms with Gasteiger partial charge in [0.2, 0.25) is 10.0 Å². The quantitative estimate of drug-likeness (QED) is 0.849. The summed E-state index contributed by atoms with van der Waals surface area (Å²) in [6, 6.07) is 3.55. The summed E-state index contributed by atoms with van der Waals surface area (Å²) in [5.41, 5.74) is 0. The van der Waals surface area contributed by atoms with Crippen molar-refractivity contribution < 1.29 is 22.4 Å². The molecule has 0 amide bonds. The van der Waals surface area contributed by atoms with E-state index in [0.29, 0.717) is 19.2 Å². The Balaban J connectivity index is 1.59.